The van der Waals surface area contributed by atoms with Crippen LogP contribution >= 0.6 is 11.3 Å². The molecule has 10 heteroatoms. The highest BCUT2D eigenvalue weighted by Gasteiger charge is 2.29. The van der Waals surface area contributed by atoms with Crippen LogP contribution in [0, 0.1) is 0 Å². The summed E-state index contributed by atoms with van der Waals surface area (Å²) in [5.74, 6) is -2.20. The number of sulfonamides is 1. The first kappa shape index (κ1) is 15.5. The molecule has 1 aromatic rings. The number of carbonyl (C=O) groups is 2. The number of esters is 1. The molecule has 19 heavy (non-hydrogen) atoms. The van der Waals surface area contributed by atoms with Gasteiger partial charge in [0, 0.05) is 0 Å². The fourth-order valence-corrected chi connectivity index (χ4v) is 3.52. The Morgan fingerprint density at radius 2 is 2.21 bits per heavy atom. The van der Waals surface area contributed by atoms with E-state index in [-0.39, 0.29) is 6.61 Å². The van der Waals surface area contributed by atoms with Crippen molar-refractivity contribution in [1.29, 1.82) is 0 Å². The van der Waals surface area contributed by atoms with Crippen LogP contribution in [0.4, 0.5) is 0 Å². The van der Waals surface area contributed by atoms with Crippen LogP contribution in [0.1, 0.15) is 24.3 Å². The predicted octanol–water partition coefficient (Wildman–Crippen LogP) is 0.0712. The number of nitrogens with zero attached hydrogens (tertiary/aromatic N) is 1. The lowest BCUT2D eigenvalue weighted by Crippen LogP contribution is -2.39. The van der Waals surface area contributed by atoms with E-state index in [9.17, 15) is 18.0 Å². The number of aromatic nitrogens is 1. The zero-order valence-corrected chi connectivity index (χ0v) is 11.7. The van der Waals surface area contributed by atoms with Crippen molar-refractivity contribution in [3.05, 3.63) is 11.2 Å². The van der Waals surface area contributed by atoms with Crippen molar-refractivity contribution in [1.82, 2.24) is 9.71 Å². The Hall–Kier alpha value is -1.52. The normalized spacial score (nSPS) is 12.9. The van der Waals surface area contributed by atoms with Crippen LogP contribution in [0.15, 0.2) is 9.72 Å². The fraction of sp³-hybridized carbons (Fsp3) is 0.444. The second-order valence-electron chi connectivity index (χ2n) is 3.39. The molecule has 0 radical (unpaired) electrons. The van der Waals surface area contributed by atoms with E-state index in [1.807, 2.05) is 4.72 Å². The summed E-state index contributed by atoms with van der Waals surface area (Å²) in [5.41, 5.74) is 0.529. The van der Waals surface area contributed by atoms with Gasteiger partial charge in [-0.15, -0.1) is 11.3 Å². The second-order valence-corrected chi connectivity index (χ2v) is 6.15. The van der Waals surface area contributed by atoms with Crippen LogP contribution in [-0.4, -0.2) is 43.1 Å². The van der Waals surface area contributed by atoms with Crippen molar-refractivity contribution in [3.8, 4) is 0 Å². The monoisotopic (exact) mass is 308 g/mol. The molecular formula is C9H12N2O6S2. The van der Waals surface area contributed by atoms with Gasteiger partial charge < -0.3 is 9.84 Å². The Morgan fingerprint density at radius 3 is 2.74 bits per heavy atom. The lowest BCUT2D eigenvalue weighted by molar-refractivity contribution is -0.144. The Morgan fingerprint density at radius 1 is 1.58 bits per heavy atom. The van der Waals surface area contributed by atoms with Gasteiger partial charge in [0.2, 0.25) is 0 Å². The zero-order chi connectivity index (χ0) is 14.6. The molecule has 0 saturated heterocycles. The number of thiazole rings is 1. The van der Waals surface area contributed by atoms with Crippen molar-refractivity contribution >= 4 is 33.3 Å². The molecule has 0 fully saturated rings. The zero-order valence-electron chi connectivity index (χ0n) is 10.1. The van der Waals surface area contributed by atoms with Gasteiger partial charge in [-0.05, 0) is 13.8 Å². The van der Waals surface area contributed by atoms with Crippen LogP contribution in [0.2, 0.25) is 0 Å². The number of rotatable bonds is 6. The molecule has 8 nitrogen and oxygen atoms in total. The number of hydrogen-bond acceptors (Lipinski definition) is 7. The van der Waals surface area contributed by atoms with Gasteiger partial charge in [0.05, 0.1) is 12.1 Å². The molecule has 0 aromatic carbocycles. The molecule has 0 aliphatic carbocycles. The Labute approximate surface area is 113 Å². The highest BCUT2D eigenvalue weighted by Crippen LogP contribution is 2.20. The molecule has 0 aliphatic rings. The van der Waals surface area contributed by atoms with E-state index in [1.165, 1.54) is 6.92 Å². The highest BCUT2D eigenvalue weighted by atomic mass is 32.2. The van der Waals surface area contributed by atoms with E-state index in [0.717, 1.165) is 5.51 Å². The van der Waals surface area contributed by atoms with E-state index < -0.39 is 37.9 Å². The van der Waals surface area contributed by atoms with Gasteiger partial charge >= 0.3 is 11.9 Å². The molecule has 0 bridgehead atoms. The molecule has 0 aliphatic heterocycles. The molecule has 1 aromatic heterocycles. The number of aromatic carboxylic acids is 1. The molecule has 1 heterocycles. The van der Waals surface area contributed by atoms with Crippen LogP contribution in [0.5, 0.6) is 0 Å². The van der Waals surface area contributed by atoms with E-state index in [2.05, 4.69) is 9.72 Å². The fourth-order valence-electron chi connectivity index (χ4n) is 1.17. The van der Waals surface area contributed by atoms with Crippen LogP contribution in [0.25, 0.3) is 0 Å². The van der Waals surface area contributed by atoms with E-state index >= 15 is 0 Å². The number of carbonyl (C=O) groups excluding carboxylic acids is 1. The number of nitrogens with one attached hydrogen (secondary N) is 1. The highest BCUT2D eigenvalue weighted by molar-refractivity contribution is 7.91. The third-order valence-corrected chi connectivity index (χ3v) is 4.86. The van der Waals surface area contributed by atoms with Crippen LogP contribution < -0.4 is 4.72 Å². The smallest absolute Gasteiger partial charge is 0.356 e. The Bertz CT molecular complexity index is 579. The Balaban J connectivity index is 2.96. The molecule has 1 atom stereocenters. The molecule has 0 spiro atoms. The minimum atomic E-state index is -4.13. The van der Waals surface area contributed by atoms with Crippen molar-refractivity contribution in [2.75, 3.05) is 6.61 Å². The van der Waals surface area contributed by atoms with E-state index in [1.54, 1.807) is 6.92 Å². The van der Waals surface area contributed by atoms with Crippen molar-refractivity contribution < 1.29 is 27.9 Å². The van der Waals surface area contributed by atoms with E-state index in [0.29, 0.717) is 11.3 Å². The first-order chi connectivity index (χ1) is 8.79. The average molecular weight is 308 g/mol. The van der Waals surface area contributed by atoms with Crippen LogP contribution in [0.3, 0.4) is 0 Å². The van der Waals surface area contributed by atoms with Crippen LogP contribution in [-0.2, 0) is 19.6 Å². The number of hydrogen-bond donors (Lipinski definition) is 2. The Kier molecular flexibility index (Phi) is 4.97. The van der Waals surface area contributed by atoms with Gasteiger partial charge in [-0.25, -0.2) is 18.2 Å². The molecular weight excluding hydrogens is 296 g/mol. The standard InChI is InChI=1S/C9H12N2O6S2/c1-3-17-8(14)5(2)11-19(15,16)9-6(7(12)13)10-4-18-9/h4-5,11H,3H2,1-2H3,(H,12,13). The van der Waals surface area contributed by atoms with Gasteiger partial charge in [-0.2, -0.15) is 4.72 Å². The third kappa shape index (κ3) is 3.72. The minimum absolute atomic E-state index is 0.117. The minimum Gasteiger partial charge on any atom is -0.476 e. The average Bonchev–Trinajstić information content (AvgIpc) is 2.78. The maximum atomic E-state index is 11.9. The molecule has 2 N–H and O–H groups in total. The number of carboxylic acid groups (broad SMARTS) is 1. The molecule has 1 rings (SSSR count). The third-order valence-electron chi connectivity index (χ3n) is 1.95. The lowest BCUT2D eigenvalue weighted by Gasteiger charge is -2.12. The van der Waals surface area contributed by atoms with Gasteiger partial charge in [0.25, 0.3) is 10.0 Å². The van der Waals surface area contributed by atoms with Gasteiger partial charge in [0.1, 0.15) is 6.04 Å². The lowest BCUT2D eigenvalue weighted by atomic mass is 10.4. The number of ether oxygens (including phenoxy) is 1. The maximum Gasteiger partial charge on any atom is 0.356 e. The predicted molar refractivity (Wildman–Crippen MR) is 65.5 cm³/mol. The summed E-state index contributed by atoms with van der Waals surface area (Å²) in [6.45, 7) is 3.01. The quantitative estimate of drug-likeness (QED) is 0.713. The van der Waals surface area contributed by atoms with Crippen molar-refractivity contribution in [3.63, 3.8) is 0 Å². The second kappa shape index (κ2) is 6.08. The first-order valence-electron chi connectivity index (χ1n) is 5.15. The summed E-state index contributed by atoms with van der Waals surface area (Å²) in [5, 5.41) is 8.81. The molecule has 106 valence electrons. The summed E-state index contributed by atoms with van der Waals surface area (Å²) in [4.78, 5) is 25.6. The molecule has 0 amide bonds. The number of carboxylic acids is 1. The van der Waals surface area contributed by atoms with Gasteiger partial charge in [-0.3, -0.25) is 4.79 Å². The van der Waals surface area contributed by atoms with Gasteiger partial charge in [0.15, 0.2) is 9.90 Å². The van der Waals surface area contributed by atoms with Crippen molar-refractivity contribution in [2.45, 2.75) is 24.1 Å². The first-order valence-corrected chi connectivity index (χ1v) is 7.51. The summed E-state index contributed by atoms with van der Waals surface area (Å²) >= 11 is 0.657. The summed E-state index contributed by atoms with van der Waals surface area (Å²) in [6.07, 6.45) is 0. The van der Waals surface area contributed by atoms with Gasteiger partial charge in [-0.1, -0.05) is 0 Å². The summed E-state index contributed by atoms with van der Waals surface area (Å²) in [6, 6.07) is -1.12. The maximum absolute atomic E-state index is 11.9. The molecule has 1 unspecified atom stereocenters. The van der Waals surface area contributed by atoms with Crippen molar-refractivity contribution in [2.24, 2.45) is 0 Å². The summed E-state index contributed by atoms with van der Waals surface area (Å²) in [7, 11) is -4.13. The topological polar surface area (TPSA) is 123 Å². The molecule has 0 saturated carbocycles. The summed E-state index contributed by atoms with van der Waals surface area (Å²) < 4.78 is 30.1. The van der Waals surface area contributed by atoms with E-state index in [4.69, 9.17) is 5.11 Å². The largest absolute Gasteiger partial charge is 0.476 e. The SMILES string of the molecule is CCOC(=O)C(C)NS(=O)(=O)c1scnc1C(=O)O.